The molecule has 0 aliphatic carbocycles. The molecule has 10 aromatic rings. The number of nitrogens with zero attached hydrogens (tertiary/aromatic N) is 3. The summed E-state index contributed by atoms with van der Waals surface area (Å²) < 4.78 is 12.8. The van der Waals surface area contributed by atoms with Gasteiger partial charge in [0.25, 0.3) is 0 Å². The molecule has 0 fully saturated rings. The first-order valence-corrected chi connectivity index (χ1v) is 15.0. The average Bonchev–Trinajstić information content (AvgIpc) is 3.67. The van der Waals surface area contributed by atoms with E-state index in [1.165, 1.54) is 32.3 Å². The van der Waals surface area contributed by atoms with Gasteiger partial charge in [-0.1, -0.05) is 91.0 Å². The fraction of sp³-hybridized carbons (Fsp3) is 0. The Labute approximate surface area is 256 Å². The minimum Gasteiger partial charge on any atom is -0.456 e. The lowest BCUT2D eigenvalue weighted by atomic mass is 9.94. The van der Waals surface area contributed by atoms with Crippen LogP contribution in [0, 0.1) is 0 Å². The van der Waals surface area contributed by atoms with Crippen LogP contribution in [0.15, 0.2) is 149 Å². The van der Waals surface area contributed by atoms with E-state index >= 15 is 0 Å². The Hall–Kier alpha value is -6.20. The van der Waals surface area contributed by atoms with E-state index in [4.69, 9.17) is 18.8 Å². The zero-order valence-corrected chi connectivity index (χ0v) is 23.9. The van der Waals surface area contributed by atoms with Crippen LogP contribution in [0.4, 0.5) is 17.2 Å². The van der Waals surface area contributed by atoms with Gasteiger partial charge in [-0.05, 0) is 56.6 Å². The predicted molar refractivity (Wildman–Crippen MR) is 184 cm³/mol. The van der Waals surface area contributed by atoms with Crippen LogP contribution < -0.4 is 4.90 Å². The Bertz CT molecular complexity index is 2760. The highest BCUT2D eigenvalue weighted by atomic mass is 16.3. The smallest absolute Gasteiger partial charge is 0.162 e. The summed E-state index contributed by atoms with van der Waals surface area (Å²) in [5.41, 5.74) is 4.92. The Morgan fingerprint density at radius 1 is 0.422 bits per heavy atom. The van der Waals surface area contributed by atoms with Gasteiger partial charge in [-0.2, -0.15) is 0 Å². The van der Waals surface area contributed by atoms with Gasteiger partial charge in [-0.25, -0.2) is 4.98 Å². The summed E-state index contributed by atoms with van der Waals surface area (Å²) in [6.07, 6.45) is 5.64. The van der Waals surface area contributed by atoms with Gasteiger partial charge in [-0.15, -0.1) is 0 Å². The third kappa shape index (κ3) is 3.49. The molecule has 0 unspecified atom stereocenters. The summed E-state index contributed by atoms with van der Waals surface area (Å²) in [6, 6.07) is 42.1. The quantitative estimate of drug-likeness (QED) is 0.196. The number of rotatable bonds is 3. The second-order valence-corrected chi connectivity index (χ2v) is 11.4. The number of benzene rings is 6. The molecule has 210 valence electrons. The van der Waals surface area contributed by atoms with Crippen LogP contribution in [0.25, 0.3) is 76.2 Å². The van der Waals surface area contributed by atoms with Crippen molar-refractivity contribution in [2.45, 2.75) is 0 Å². The van der Waals surface area contributed by atoms with Crippen molar-refractivity contribution in [3.05, 3.63) is 140 Å². The Morgan fingerprint density at radius 2 is 1.00 bits per heavy atom. The van der Waals surface area contributed by atoms with Gasteiger partial charge in [0, 0.05) is 45.7 Å². The van der Waals surface area contributed by atoms with E-state index < -0.39 is 0 Å². The van der Waals surface area contributed by atoms with E-state index in [1.54, 1.807) is 0 Å². The number of hydrogen-bond donors (Lipinski definition) is 0. The lowest BCUT2D eigenvalue weighted by molar-refractivity contribution is 0.666. The van der Waals surface area contributed by atoms with Crippen molar-refractivity contribution in [2.75, 3.05) is 4.90 Å². The molecule has 5 nitrogen and oxygen atoms in total. The standard InChI is InChI=1S/C40H23N3O2/c1-2-11-27-25(9-1)26-10-3-4-12-28(26)32-19-24(17-18-29(27)32)43(35-23-41-21-34-31-14-6-8-16-37(31)45-40(34)35)39-20-38-33(22-42-39)30-13-5-7-15-36(30)44-38/h1-23H. The van der Waals surface area contributed by atoms with Crippen LogP contribution in [0.3, 0.4) is 0 Å². The van der Waals surface area contributed by atoms with Crippen LogP contribution in [-0.2, 0) is 0 Å². The van der Waals surface area contributed by atoms with Crippen molar-refractivity contribution < 1.29 is 8.83 Å². The third-order valence-corrected chi connectivity index (χ3v) is 8.97. The lowest BCUT2D eigenvalue weighted by Gasteiger charge is -2.24. The summed E-state index contributed by atoms with van der Waals surface area (Å²) in [5, 5.41) is 11.3. The number of pyridine rings is 2. The molecule has 0 saturated carbocycles. The summed E-state index contributed by atoms with van der Waals surface area (Å²) in [5.74, 6) is 0.709. The predicted octanol–water partition coefficient (Wildman–Crippen LogP) is 11.2. The molecule has 6 aromatic carbocycles. The molecule has 5 heteroatoms. The topological polar surface area (TPSA) is 55.3 Å². The van der Waals surface area contributed by atoms with Crippen LogP contribution in [0.5, 0.6) is 0 Å². The van der Waals surface area contributed by atoms with Gasteiger partial charge in [0.2, 0.25) is 0 Å². The van der Waals surface area contributed by atoms with Gasteiger partial charge >= 0.3 is 0 Å². The molecule has 0 aliphatic rings. The highest BCUT2D eigenvalue weighted by Gasteiger charge is 2.23. The molecule has 0 N–H and O–H groups in total. The molecule has 0 aliphatic heterocycles. The highest BCUT2D eigenvalue weighted by molar-refractivity contribution is 6.26. The van der Waals surface area contributed by atoms with Crippen molar-refractivity contribution in [1.82, 2.24) is 9.97 Å². The van der Waals surface area contributed by atoms with Crippen LogP contribution in [-0.4, -0.2) is 9.97 Å². The number of aromatic nitrogens is 2. The largest absolute Gasteiger partial charge is 0.456 e. The number of furan rings is 2. The highest BCUT2D eigenvalue weighted by Crippen LogP contribution is 2.44. The van der Waals surface area contributed by atoms with Gasteiger partial charge in [-0.3, -0.25) is 9.88 Å². The molecule has 0 amide bonds. The molecule has 45 heavy (non-hydrogen) atoms. The Kier molecular flexibility index (Phi) is 4.93. The molecule has 0 atom stereocenters. The molecule has 4 aromatic heterocycles. The normalized spacial score (nSPS) is 12.0. The van der Waals surface area contributed by atoms with Gasteiger partial charge in [0.15, 0.2) is 5.58 Å². The second kappa shape index (κ2) is 9.15. The number of anilines is 3. The summed E-state index contributed by atoms with van der Waals surface area (Å²) in [7, 11) is 0. The first kappa shape index (κ1) is 24.3. The SMILES string of the molecule is c1ccc2c(c1)oc1cc(N(c3ccc4c5ccccc5c5ccccc5c4c3)c3cncc4c3oc3ccccc34)ncc12. The van der Waals surface area contributed by atoms with E-state index in [9.17, 15) is 0 Å². The Morgan fingerprint density at radius 3 is 1.71 bits per heavy atom. The fourth-order valence-electron chi connectivity index (χ4n) is 6.95. The van der Waals surface area contributed by atoms with Gasteiger partial charge < -0.3 is 8.83 Å². The maximum absolute atomic E-state index is 6.53. The fourth-order valence-corrected chi connectivity index (χ4v) is 6.95. The van der Waals surface area contributed by atoms with E-state index in [2.05, 4.69) is 83.8 Å². The van der Waals surface area contributed by atoms with Crippen molar-refractivity contribution in [3.8, 4) is 0 Å². The molecule has 0 spiro atoms. The van der Waals surface area contributed by atoms with Crippen molar-refractivity contribution in [2.24, 2.45) is 0 Å². The third-order valence-electron chi connectivity index (χ3n) is 8.97. The van der Waals surface area contributed by atoms with Gasteiger partial charge in [0.05, 0.1) is 6.20 Å². The number of hydrogen-bond acceptors (Lipinski definition) is 5. The zero-order valence-electron chi connectivity index (χ0n) is 23.9. The maximum atomic E-state index is 6.53. The van der Waals surface area contributed by atoms with E-state index in [0.717, 1.165) is 55.3 Å². The van der Waals surface area contributed by atoms with Crippen molar-refractivity contribution in [1.29, 1.82) is 0 Å². The van der Waals surface area contributed by atoms with Crippen molar-refractivity contribution in [3.63, 3.8) is 0 Å². The van der Waals surface area contributed by atoms with Crippen LogP contribution in [0.2, 0.25) is 0 Å². The monoisotopic (exact) mass is 577 g/mol. The van der Waals surface area contributed by atoms with E-state index in [0.29, 0.717) is 5.82 Å². The zero-order chi connectivity index (χ0) is 29.5. The summed E-state index contributed by atoms with van der Waals surface area (Å²) in [4.78, 5) is 11.9. The minimum atomic E-state index is 0.709. The lowest BCUT2D eigenvalue weighted by Crippen LogP contribution is -2.12. The van der Waals surface area contributed by atoms with Crippen LogP contribution >= 0.6 is 0 Å². The van der Waals surface area contributed by atoms with E-state index in [1.807, 2.05) is 61.1 Å². The summed E-state index contributed by atoms with van der Waals surface area (Å²) in [6.45, 7) is 0. The number of para-hydroxylation sites is 2. The molecule has 10 rings (SSSR count). The van der Waals surface area contributed by atoms with Gasteiger partial charge in [0.1, 0.15) is 28.3 Å². The first-order chi connectivity index (χ1) is 22.3. The van der Waals surface area contributed by atoms with E-state index in [-0.39, 0.29) is 0 Å². The molecule has 0 radical (unpaired) electrons. The molecule has 4 heterocycles. The number of fused-ring (bicyclic) bond motifs is 12. The summed E-state index contributed by atoms with van der Waals surface area (Å²) >= 11 is 0. The van der Waals surface area contributed by atoms with Crippen LogP contribution in [0.1, 0.15) is 0 Å². The molecular formula is C40H23N3O2. The minimum absolute atomic E-state index is 0.709. The van der Waals surface area contributed by atoms with Crippen molar-refractivity contribution >= 4 is 93.4 Å². The average molecular weight is 578 g/mol. The Balaban J connectivity index is 1.29. The second-order valence-electron chi connectivity index (χ2n) is 11.4. The molecular weight excluding hydrogens is 554 g/mol. The molecule has 0 saturated heterocycles. The molecule has 0 bridgehead atoms. The first-order valence-electron chi connectivity index (χ1n) is 15.0. The maximum Gasteiger partial charge on any atom is 0.162 e.